The molecule has 7 heteroatoms. The van der Waals surface area contributed by atoms with Gasteiger partial charge in [-0.3, -0.25) is 13.3 Å². The second kappa shape index (κ2) is 7.66. The molecule has 20 heavy (non-hydrogen) atoms. The summed E-state index contributed by atoms with van der Waals surface area (Å²) in [7, 11) is -1.01. The van der Waals surface area contributed by atoms with Crippen LogP contribution in [0.3, 0.4) is 0 Å². The number of benzene rings is 1. The molecule has 0 bridgehead atoms. The fourth-order valence-corrected chi connectivity index (χ4v) is 4.76. The highest BCUT2D eigenvalue weighted by atomic mass is 32.5. The quantitative estimate of drug-likeness (QED) is 0.707. The molecule has 0 amide bonds. The zero-order valence-corrected chi connectivity index (χ0v) is 14.9. The van der Waals surface area contributed by atoms with Crippen LogP contribution in [-0.2, 0) is 31.7 Å². The first kappa shape index (κ1) is 17.8. The second-order valence-electron chi connectivity index (χ2n) is 4.77. The van der Waals surface area contributed by atoms with Crippen molar-refractivity contribution < 1.29 is 17.8 Å². The van der Waals surface area contributed by atoms with Crippen molar-refractivity contribution in [2.45, 2.75) is 44.8 Å². The molecule has 0 saturated heterocycles. The first-order chi connectivity index (χ1) is 9.22. The van der Waals surface area contributed by atoms with Crippen molar-refractivity contribution in [3.8, 4) is 5.75 Å². The predicted molar refractivity (Wildman–Crippen MR) is 86.1 cm³/mol. The van der Waals surface area contributed by atoms with Gasteiger partial charge in [0.15, 0.2) is 0 Å². The van der Waals surface area contributed by atoms with Gasteiger partial charge in [-0.25, -0.2) is 0 Å². The molecule has 0 aliphatic heterocycles. The molecular weight excluding hydrogens is 315 g/mol. The largest absolute Gasteiger partial charge is 0.424 e. The summed E-state index contributed by atoms with van der Waals surface area (Å²) in [5, 5.41) is 0. The fraction of sp³-hybridized carbons (Fsp3) is 0.538. The third-order valence-electron chi connectivity index (χ3n) is 2.05. The standard InChI is InChI=1S/C13H21O4PS2/c1-10(2)15-18(19,16-11(3)4)17-12-6-8-13(9-7-12)20(5)14/h6-11H,1-5H3. The summed E-state index contributed by atoms with van der Waals surface area (Å²) in [6.45, 7) is 4.71. The highest BCUT2D eigenvalue weighted by molar-refractivity contribution is 8.07. The summed E-state index contributed by atoms with van der Waals surface area (Å²) < 4.78 is 28.4. The first-order valence-corrected chi connectivity index (χ1v) is 10.4. The maximum absolute atomic E-state index is 11.3. The maximum atomic E-state index is 11.3. The molecule has 0 fully saturated rings. The van der Waals surface area contributed by atoms with Crippen molar-refractivity contribution in [3.05, 3.63) is 24.3 Å². The lowest BCUT2D eigenvalue weighted by Gasteiger charge is -2.25. The molecule has 0 aliphatic rings. The highest BCUT2D eigenvalue weighted by Crippen LogP contribution is 2.51. The Morgan fingerprint density at radius 3 is 1.85 bits per heavy atom. The summed E-state index contributed by atoms with van der Waals surface area (Å²) in [6, 6.07) is 6.95. The van der Waals surface area contributed by atoms with Crippen LogP contribution in [0.5, 0.6) is 5.75 Å². The normalized spacial score (nSPS) is 13.8. The van der Waals surface area contributed by atoms with Crippen LogP contribution in [0.15, 0.2) is 29.2 Å². The van der Waals surface area contributed by atoms with E-state index in [9.17, 15) is 4.21 Å². The van der Waals surface area contributed by atoms with E-state index in [0.717, 1.165) is 4.90 Å². The van der Waals surface area contributed by atoms with Crippen LogP contribution in [0.4, 0.5) is 0 Å². The summed E-state index contributed by atoms with van der Waals surface area (Å²) >= 11 is 5.41. The maximum Gasteiger partial charge on any atom is 0.381 e. The Morgan fingerprint density at radius 2 is 1.50 bits per heavy atom. The van der Waals surface area contributed by atoms with Gasteiger partial charge in [0.1, 0.15) is 5.75 Å². The minimum atomic E-state index is -2.83. The molecule has 1 atom stereocenters. The van der Waals surface area contributed by atoms with Crippen LogP contribution in [0.25, 0.3) is 0 Å². The van der Waals surface area contributed by atoms with E-state index in [1.165, 1.54) is 0 Å². The smallest absolute Gasteiger partial charge is 0.381 e. The minimum absolute atomic E-state index is 0.0815. The van der Waals surface area contributed by atoms with Gasteiger partial charge >= 0.3 is 6.72 Å². The molecule has 114 valence electrons. The van der Waals surface area contributed by atoms with E-state index >= 15 is 0 Å². The molecule has 0 aromatic heterocycles. The molecule has 0 spiro atoms. The van der Waals surface area contributed by atoms with Crippen LogP contribution in [0.1, 0.15) is 27.7 Å². The molecule has 0 aliphatic carbocycles. The van der Waals surface area contributed by atoms with Crippen LogP contribution in [0.2, 0.25) is 0 Å². The van der Waals surface area contributed by atoms with Gasteiger partial charge in [-0.1, -0.05) is 0 Å². The number of hydrogen-bond acceptors (Lipinski definition) is 5. The van der Waals surface area contributed by atoms with E-state index in [1.54, 1.807) is 30.5 Å². The van der Waals surface area contributed by atoms with Crippen LogP contribution < -0.4 is 4.52 Å². The molecule has 4 nitrogen and oxygen atoms in total. The van der Waals surface area contributed by atoms with E-state index in [0.29, 0.717) is 5.75 Å². The molecular formula is C13H21O4PS2. The van der Waals surface area contributed by atoms with Crippen molar-refractivity contribution in [2.24, 2.45) is 0 Å². The zero-order valence-electron chi connectivity index (χ0n) is 12.4. The van der Waals surface area contributed by atoms with Gasteiger partial charge in [-0.2, -0.15) is 0 Å². The van der Waals surface area contributed by atoms with Crippen molar-refractivity contribution in [3.63, 3.8) is 0 Å². The molecule has 1 rings (SSSR count). The summed E-state index contributed by atoms with van der Waals surface area (Å²) in [4.78, 5) is 0.736. The van der Waals surface area contributed by atoms with E-state index in [2.05, 4.69) is 0 Å². The fourth-order valence-electron chi connectivity index (χ4n) is 1.41. The summed E-state index contributed by atoms with van der Waals surface area (Å²) in [6.07, 6.45) is 1.47. The lowest BCUT2D eigenvalue weighted by molar-refractivity contribution is 0.141. The monoisotopic (exact) mass is 336 g/mol. The van der Waals surface area contributed by atoms with Crippen molar-refractivity contribution in [2.75, 3.05) is 6.26 Å². The lowest BCUT2D eigenvalue weighted by atomic mass is 10.3. The Kier molecular flexibility index (Phi) is 6.82. The number of hydrogen-bond donors (Lipinski definition) is 0. The van der Waals surface area contributed by atoms with Gasteiger partial charge in [0.25, 0.3) is 0 Å². The third kappa shape index (κ3) is 6.02. The number of rotatable bonds is 7. The van der Waals surface area contributed by atoms with Crippen LogP contribution in [-0.4, -0.2) is 22.7 Å². The van der Waals surface area contributed by atoms with E-state index in [-0.39, 0.29) is 12.2 Å². The predicted octanol–water partition coefficient (Wildman–Crippen LogP) is 3.88. The zero-order chi connectivity index (χ0) is 15.3. The molecule has 0 saturated carbocycles. The Hall–Kier alpha value is -0.260. The average molecular weight is 336 g/mol. The van der Waals surface area contributed by atoms with E-state index < -0.39 is 17.5 Å². The van der Waals surface area contributed by atoms with Crippen molar-refractivity contribution in [1.29, 1.82) is 0 Å². The van der Waals surface area contributed by atoms with Gasteiger partial charge in [0.2, 0.25) is 0 Å². The first-order valence-electron chi connectivity index (χ1n) is 6.32. The SMILES string of the molecule is CC(C)OP(=S)(Oc1ccc(S(C)=O)cc1)OC(C)C. The van der Waals surface area contributed by atoms with E-state index in [4.69, 9.17) is 25.4 Å². The molecule has 1 aromatic rings. The molecule has 1 unspecified atom stereocenters. The second-order valence-corrected chi connectivity index (χ2v) is 8.99. The third-order valence-corrected chi connectivity index (χ3v) is 5.52. The van der Waals surface area contributed by atoms with Gasteiger partial charge in [-0.15, -0.1) is 0 Å². The van der Waals surface area contributed by atoms with Crippen LogP contribution >= 0.6 is 6.72 Å². The average Bonchev–Trinajstić information content (AvgIpc) is 2.26. The Morgan fingerprint density at radius 1 is 1.05 bits per heavy atom. The summed E-state index contributed by atoms with van der Waals surface area (Å²) in [5.74, 6) is 0.559. The molecule has 0 N–H and O–H groups in total. The minimum Gasteiger partial charge on any atom is -0.424 e. The molecule has 0 heterocycles. The topological polar surface area (TPSA) is 44.8 Å². The Labute approximate surface area is 128 Å². The lowest BCUT2D eigenvalue weighted by Crippen LogP contribution is -2.11. The van der Waals surface area contributed by atoms with E-state index in [1.807, 2.05) is 27.7 Å². The van der Waals surface area contributed by atoms with Gasteiger partial charge in [0, 0.05) is 33.8 Å². The molecule has 0 radical (unpaired) electrons. The van der Waals surface area contributed by atoms with Crippen molar-refractivity contribution >= 4 is 29.3 Å². The van der Waals surface area contributed by atoms with Crippen LogP contribution in [0, 0.1) is 0 Å². The summed E-state index contributed by atoms with van der Waals surface area (Å²) in [5.41, 5.74) is 0. The van der Waals surface area contributed by atoms with Gasteiger partial charge in [0.05, 0.1) is 12.2 Å². The Balaban J connectivity index is 2.89. The Bertz CT molecular complexity index is 486. The van der Waals surface area contributed by atoms with Gasteiger partial charge < -0.3 is 4.52 Å². The highest BCUT2D eigenvalue weighted by Gasteiger charge is 2.25. The van der Waals surface area contributed by atoms with Gasteiger partial charge in [-0.05, 0) is 52.0 Å². The molecule has 1 aromatic carbocycles. The van der Waals surface area contributed by atoms with Crippen molar-refractivity contribution in [1.82, 2.24) is 0 Å².